The maximum absolute atomic E-state index is 13.8. The Labute approximate surface area is 212 Å². The molecule has 1 aromatic heterocycles. The van der Waals surface area contributed by atoms with Crippen LogP contribution in [0.25, 0.3) is 16.5 Å². The van der Waals surface area contributed by atoms with E-state index in [1.165, 1.54) is 12.1 Å². The van der Waals surface area contributed by atoms with Gasteiger partial charge in [0.2, 0.25) is 5.91 Å². The first-order chi connectivity index (χ1) is 18.0. The van der Waals surface area contributed by atoms with Gasteiger partial charge in [0.1, 0.15) is 17.7 Å². The average molecular weight is 491 g/mol. The average Bonchev–Trinajstić information content (AvgIpc) is 3.25. The van der Waals surface area contributed by atoms with E-state index in [1.54, 1.807) is 22.9 Å². The molecular weight excluding hydrogens is 467 g/mol. The van der Waals surface area contributed by atoms with Crippen molar-refractivity contribution in [1.29, 1.82) is 0 Å². The van der Waals surface area contributed by atoms with Crippen LogP contribution in [0, 0.1) is 12.7 Å². The summed E-state index contributed by atoms with van der Waals surface area (Å²) < 4.78 is 15.5. The van der Waals surface area contributed by atoms with Crippen LogP contribution in [0.1, 0.15) is 33.1 Å². The van der Waals surface area contributed by atoms with Crippen molar-refractivity contribution >= 4 is 28.4 Å². The number of nitrogens with one attached hydrogen (secondary N) is 2. The minimum atomic E-state index is -0.934. The van der Waals surface area contributed by atoms with Gasteiger partial charge in [-0.2, -0.15) is 5.10 Å². The quantitative estimate of drug-likeness (QED) is 0.356. The smallest absolute Gasteiger partial charge is 0.252 e. The fraction of sp³-hybridized carbons (Fsp3) is 0.100. The van der Waals surface area contributed by atoms with Gasteiger partial charge in [-0.1, -0.05) is 66.7 Å². The Hall–Kier alpha value is -4.78. The second-order valence-corrected chi connectivity index (χ2v) is 9.09. The molecular formula is C30H23FN4O2. The number of benzene rings is 4. The molecule has 1 aliphatic rings. The summed E-state index contributed by atoms with van der Waals surface area (Å²) >= 11 is 0. The van der Waals surface area contributed by atoms with E-state index in [2.05, 4.69) is 10.6 Å². The van der Waals surface area contributed by atoms with Crippen molar-refractivity contribution in [3.63, 3.8) is 0 Å². The zero-order valence-electron chi connectivity index (χ0n) is 20.0. The third kappa shape index (κ3) is 3.94. The summed E-state index contributed by atoms with van der Waals surface area (Å²) in [6.45, 7) is 1.87. The first-order valence-electron chi connectivity index (χ1n) is 12.0. The Morgan fingerprint density at radius 1 is 0.919 bits per heavy atom. The highest BCUT2D eigenvalue weighted by Gasteiger charge is 2.42. The highest BCUT2D eigenvalue weighted by Crippen LogP contribution is 2.40. The lowest BCUT2D eigenvalue weighted by atomic mass is 9.81. The summed E-state index contributed by atoms with van der Waals surface area (Å²) in [6.07, 6.45) is 0. The van der Waals surface area contributed by atoms with Crippen molar-refractivity contribution in [2.24, 2.45) is 0 Å². The second kappa shape index (κ2) is 9.02. The number of hydrogen-bond acceptors (Lipinski definition) is 3. The summed E-state index contributed by atoms with van der Waals surface area (Å²) in [4.78, 5) is 27.1. The minimum Gasteiger partial charge on any atom is -0.339 e. The molecule has 2 heterocycles. The number of hydrogen-bond donors (Lipinski definition) is 2. The van der Waals surface area contributed by atoms with Gasteiger partial charge in [0.25, 0.3) is 5.91 Å². The van der Waals surface area contributed by atoms with Crippen molar-refractivity contribution in [1.82, 2.24) is 15.1 Å². The molecule has 0 saturated carbocycles. The van der Waals surface area contributed by atoms with Gasteiger partial charge in [-0.05, 0) is 53.6 Å². The number of para-hydroxylation sites is 1. The first kappa shape index (κ1) is 22.7. The Bertz CT molecular complexity index is 1640. The third-order valence-corrected chi connectivity index (χ3v) is 6.83. The van der Waals surface area contributed by atoms with Crippen molar-refractivity contribution in [2.75, 3.05) is 5.32 Å². The standard InChI is InChI=1S/C30H23FN4O2/c1-18-25-26(20-14-16-21(31)17-15-20)27(30(37)33-28(25)35(34-18)22-10-3-2-4-11-22)32-29(36)24-13-7-9-19-8-5-6-12-23(19)24/h2-17,26-27H,1H3,(H,32,36)(H,33,37)/t26-,27+/m0/s1. The predicted molar refractivity (Wildman–Crippen MR) is 140 cm³/mol. The molecule has 0 fully saturated rings. The lowest BCUT2D eigenvalue weighted by Gasteiger charge is -2.33. The number of amides is 2. The molecule has 2 N–H and O–H groups in total. The number of carbonyl (C=O) groups is 2. The maximum Gasteiger partial charge on any atom is 0.252 e. The van der Waals surface area contributed by atoms with Crippen molar-refractivity contribution in [3.8, 4) is 5.69 Å². The number of aryl methyl sites for hydroxylation is 1. The van der Waals surface area contributed by atoms with Gasteiger partial charge in [0.15, 0.2) is 0 Å². The first-order valence-corrected chi connectivity index (χ1v) is 12.0. The van der Waals surface area contributed by atoms with Crippen LogP contribution in [0.4, 0.5) is 10.2 Å². The number of rotatable bonds is 4. The SMILES string of the molecule is Cc1nn(-c2ccccc2)c2c1[C@H](c1ccc(F)cc1)[C@@H](NC(=O)c1cccc3ccccc13)C(=O)N2. The summed E-state index contributed by atoms with van der Waals surface area (Å²) in [5.41, 5.74) is 3.46. The van der Waals surface area contributed by atoms with E-state index < -0.39 is 12.0 Å². The molecule has 0 spiro atoms. The van der Waals surface area contributed by atoms with E-state index in [4.69, 9.17) is 5.10 Å². The van der Waals surface area contributed by atoms with Crippen LogP contribution in [0.2, 0.25) is 0 Å². The molecule has 182 valence electrons. The lowest BCUT2D eigenvalue weighted by molar-refractivity contribution is -0.118. The molecule has 37 heavy (non-hydrogen) atoms. The lowest BCUT2D eigenvalue weighted by Crippen LogP contribution is -2.50. The molecule has 0 unspecified atom stereocenters. The van der Waals surface area contributed by atoms with Gasteiger partial charge < -0.3 is 10.6 Å². The molecule has 0 radical (unpaired) electrons. The molecule has 0 bridgehead atoms. The van der Waals surface area contributed by atoms with Gasteiger partial charge in [0.05, 0.1) is 11.4 Å². The molecule has 7 heteroatoms. The van der Waals surface area contributed by atoms with E-state index in [1.807, 2.05) is 73.7 Å². The Kier molecular flexibility index (Phi) is 5.53. The van der Waals surface area contributed by atoms with Crippen LogP contribution in [0.3, 0.4) is 0 Å². The molecule has 6 rings (SSSR count). The van der Waals surface area contributed by atoms with E-state index >= 15 is 0 Å². The van der Waals surface area contributed by atoms with Crippen LogP contribution < -0.4 is 10.6 Å². The third-order valence-electron chi connectivity index (χ3n) is 6.83. The molecule has 1 aliphatic heterocycles. The Morgan fingerprint density at radius 3 is 2.41 bits per heavy atom. The van der Waals surface area contributed by atoms with Crippen LogP contribution in [-0.2, 0) is 4.79 Å². The van der Waals surface area contributed by atoms with E-state index in [0.29, 0.717) is 22.6 Å². The fourth-order valence-corrected chi connectivity index (χ4v) is 5.12. The van der Waals surface area contributed by atoms with Crippen molar-refractivity contribution in [2.45, 2.75) is 18.9 Å². The summed E-state index contributed by atoms with van der Waals surface area (Å²) in [5.74, 6) is -1.13. The summed E-state index contributed by atoms with van der Waals surface area (Å²) in [7, 11) is 0. The second-order valence-electron chi connectivity index (χ2n) is 9.09. The van der Waals surface area contributed by atoms with Gasteiger partial charge in [-0.25, -0.2) is 9.07 Å². The molecule has 2 amide bonds. The normalized spacial score (nSPS) is 16.8. The monoisotopic (exact) mass is 490 g/mol. The number of nitrogens with zero attached hydrogens (tertiary/aromatic N) is 2. The van der Waals surface area contributed by atoms with Gasteiger partial charge >= 0.3 is 0 Å². The predicted octanol–water partition coefficient (Wildman–Crippen LogP) is 5.36. The van der Waals surface area contributed by atoms with Crippen LogP contribution in [0.15, 0.2) is 97.1 Å². The molecule has 6 nitrogen and oxygen atoms in total. The van der Waals surface area contributed by atoms with Gasteiger partial charge in [0, 0.05) is 17.0 Å². The highest BCUT2D eigenvalue weighted by atomic mass is 19.1. The fourth-order valence-electron chi connectivity index (χ4n) is 5.12. The molecule has 4 aromatic carbocycles. The molecule has 0 saturated heterocycles. The Morgan fingerprint density at radius 2 is 1.62 bits per heavy atom. The molecule has 0 aliphatic carbocycles. The van der Waals surface area contributed by atoms with E-state index in [-0.39, 0.29) is 17.6 Å². The van der Waals surface area contributed by atoms with Gasteiger partial charge in [-0.3, -0.25) is 9.59 Å². The summed E-state index contributed by atoms with van der Waals surface area (Å²) in [5, 5.41) is 12.4. The van der Waals surface area contributed by atoms with Crippen LogP contribution in [-0.4, -0.2) is 27.6 Å². The topological polar surface area (TPSA) is 76.0 Å². The maximum atomic E-state index is 13.8. The van der Waals surface area contributed by atoms with E-state index in [9.17, 15) is 14.0 Å². The number of anilines is 1. The molecule has 2 atom stereocenters. The zero-order valence-corrected chi connectivity index (χ0v) is 20.0. The van der Waals surface area contributed by atoms with Crippen LogP contribution in [0.5, 0.6) is 0 Å². The van der Waals surface area contributed by atoms with Crippen molar-refractivity contribution in [3.05, 3.63) is 125 Å². The number of halogens is 1. The van der Waals surface area contributed by atoms with Crippen molar-refractivity contribution < 1.29 is 14.0 Å². The minimum absolute atomic E-state index is 0.361. The van der Waals surface area contributed by atoms with Crippen LogP contribution >= 0.6 is 0 Å². The van der Waals surface area contributed by atoms with E-state index in [0.717, 1.165) is 22.0 Å². The zero-order chi connectivity index (χ0) is 25.5. The Balaban J connectivity index is 1.47. The summed E-state index contributed by atoms with van der Waals surface area (Å²) in [6, 6.07) is 27.7. The number of carbonyl (C=O) groups excluding carboxylic acids is 2. The molecule has 5 aromatic rings. The van der Waals surface area contributed by atoms with Gasteiger partial charge in [-0.15, -0.1) is 0 Å². The number of fused-ring (bicyclic) bond motifs is 2. The largest absolute Gasteiger partial charge is 0.339 e. The number of aromatic nitrogens is 2. The highest BCUT2D eigenvalue weighted by molar-refractivity contribution is 6.09.